The van der Waals surface area contributed by atoms with Crippen molar-refractivity contribution in [3.05, 3.63) is 28.8 Å². The van der Waals surface area contributed by atoms with Crippen LogP contribution in [-0.2, 0) is 0 Å². The van der Waals surface area contributed by atoms with Gasteiger partial charge in [-0.2, -0.15) is 5.26 Å². The number of hydrogen-bond donors (Lipinski definition) is 2. The fourth-order valence-electron chi connectivity index (χ4n) is 1.23. The third kappa shape index (κ3) is 3.14. The Morgan fingerprint density at radius 1 is 1.69 bits per heavy atom. The Balaban J connectivity index is 2.78. The maximum Gasteiger partial charge on any atom is 0.253 e. The average Bonchev–Trinajstić information content (AvgIpc) is 2.17. The zero-order chi connectivity index (χ0) is 12.1. The van der Waals surface area contributed by atoms with Gasteiger partial charge in [-0.15, -0.1) is 0 Å². The number of anilines is 1. The standard InChI is InChI=1S/C11H12ClN3O/c1-7(4-5-13)15-11(16)9-3-2-8(12)6-10(9)14/h2-3,6-7H,4,14H2,1H3,(H,15,16). The van der Waals surface area contributed by atoms with Crippen molar-refractivity contribution >= 4 is 23.2 Å². The second-order valence-corrected chi connectivity index (χ2v) is 3.90. The van der Waals surface area contributed by atoms with Gasteiger partial charge in [-0.1, -0.05) is 11.6 Å². The van der Waals surface area contributed by atoms with Gasteiger partial charge in [0.15, 0.2) is 0 Å². The lowest BCUT2D eigenvalue weighted by Gasteiger charge is -2.11. The molecule has 1 amide bonds. The van der Waals surface area contributed by atoms with Crippen LogP contribution in [0.15, 0.2) is 18.2 Å². The molecule has 16 heavy (non-hydrogen) atoms. The molecule has 0 fully saturated rings. The first-order chi connectivity index (χ1) is 7.54. The predicted octanol–water partition coefficient (Wildman–Crippen LogP) is 1.95. The molecule has 4 nitrogen and oxygen atoms in total. The number of halogens is 1. The second kappa shape index (κ2) is 5.38. The largest absolute Gasteiger partial charge is 0.398 e. The van der Waals surface area contributed by atoms with E-state index in [-0.39, 0.29) is 18.4 Å². The van der Waals surface area contributed by atoms with Gasteiger partial charge in [0, 0.05) is 16.8 Å². The number of nitrogen functional groups attached to an aromatic ring is 1. The Labute approximate surface area is 99.0 Å². The Kier molecular flexibility index (Phi) is 4.15. The molecule has 0 aromatic heterocycles. The highest BCUT2D eigenvalue weighted by Crippen LogP contribution is 2.17. The van der Waals surface area contributed by atoms with Gasteiger partial charge in [0.25, 0.3) is 5.91 Å². The molecule has 3 N–H and O–H groups in total. The van der Waals surface area contributed by atoms with Crippen molar-refractivity contribution in [1.29, 1.82) is 5.26 Å². The lowest BCUT2D eigenvalue weighted by atomic mass is 10.1. The third-order valence-electron chi connectivity index (χ3n) is 2.03. The van der Waals surface area contributed by atoms with Crippen LogP contribution in [0.1, 0.15) is 23.7 Å². The van der Waals surface area contributed by atoms with E-state index in [2.05, 4.69) is 5.32 Å². The number of hydrogen-bond acceptors (Lipinski definition) is 3. The normalized spacial score (nSPS) is 11.6. The SMILES string of the molecule is CC(CC#N)NC(=O)c1ccc(Cl)cc1N. The van der Waals surface area contributed by atoms with Crippen molar-refractivity contribution in [2.45, 2.75) is 19.4 Å². The van der Waals surface area contributed by atoms with Gasteiger partial charge in [-0.05, 0) is 25.1 Å². The molecule has 0 bridgehead atoms. The zero-order valence-electron chi connectivity index (χ0n) is 8.83. The van der Waals surface area contributed by atoms with Crippen LogP contribution in [0.3, 0.4) is 0 Å². The maximum absolute atomic E-state index is 11.7. The summed E-state index contributed by atoms with van der Waals surface area (Å²) in [5.41, 5.74) is 6.36. The predicted molar refractivity (Wildman–Crippen MR) is 63.0 cm³/mol. The minimum absolute atomic E-state index is 0.201. The maximum atomic E-state index is 11.7. The van der Waals surface area contributed by atoms with Gasteiger partial charge < -0.3 is 11.1 Å². The second-order valence-electron chi connectivity index (χ2n) is 3.47. The lowest BCUT2D eigenvalue weighted by Crippen LogP contribution is -2.32. The molecule has 1 aromatic carbocycles. The number of rotatable bonds is 3. The molecule has 1 rings (SSSR count). The van der Waals surface area contributed by atoms with Crippen LogP contribution in [0, 0.1) is 11.3 Å². The van der Waals surface area contributed by atoms with Crippen molar-refractivity contribution in [2.75, 3.05) is 5.73 Å². The number of nitrogens with one attached hydrogen (secondary N) is 1. The highest BCUT2D eigenvalue weighted by molar-refractivity contribution is 6.31. The van der Waals surface area contributed by atoms with Crippen LogP contribution in [0.5, 0.6) is 0 Å². The van der Waals surface area contributed by atoms with Crippen molar-refractivity contribution in [1.82, 2.24) is 5.32 Å². The third-order valence-corrected chi connectivity index (χ3v) is 2.27. The minimum atomic E-state index is -0.295. The lowest BCUT2D eigenvalue weighted by molar-refractivity contribution is 0.0942. The van der Waals surface area contributed by atoms with Gasteiger partial charge in [0.2, 0.25) is 0 Å². The highest BCUT2D eigenvalue weighted by Gasteiger charge is 2.12. The van der Waals surface area contributed by atoms with E-state index >= 15 is 0 Å². The van der Waals surface area contributed by atoms with Crippen LogP contribution in [-0.4, -0.2) is 11.9 Å². The summed E-state index contributed by atoms with van der Waals surface area (Å²) in [4.78, 5) is 11.7. The number of nitrogens with two attached hydrogens (primary N) is 1. The molecule has 0 saturated carbocycles. The fraction of sp³-hybridized carbons (Fsp3) is 0.273. The Bertz CT molecular complexity index is 439. The van der Waals surface area contributed by atoms with E-state index in [9.17, 15) is 4.79 Å². The molecule has 0 aliphatic rings. The molecule has 1 unspecified atom stereocenters. The number of benzene rings is 1. The number of nitriles is 1. The van der Waals surface area contributed by atoms with Gasteiger partial charge >= 0.3 is 0 Å². The minimum Gasteiger partial charge on any atom is -0.398 e. The van der Waals surface area contributed by atoms with E-state index in [1.54, 1.807) is 19.1 Å². The molecule has 0 heterocycles. The molecule has 0 aliphatic heterocycles. The Morgan fingerprint density at radius 3 is 2.94 bits per heavy atom. The van der Waals surface area contributed by atoms with Crippen LogP contribution in [0.4, 0.5) is 5.69 Å². The van der Waals surface area contributed by atoms with Gasteiger partial charge in [0.05, 0.1) is 18.1 Å². The summed E-state index contributed by atoms with van der Waals surface area (Å²) in [6.07, 6.45) is 0.263. The molecule has 1 atom stereocenters. The average molecular weight is 238 g/mol. The molecule has 0 spiro atoms. The van der Waals surface area contributed by atoms with Crippen molar-refractivity contribution < 1.29 is 4.79 Å². The van der Waals surface area contributed by atoms with E-state index < -0.39 is 0 Å². The van der Waals surface area contributed by atoms with E-state index in [0.29, 0.717) is 16.3 Å². The first kappa shape index (κ1) is 12.3. The molecule has 5 heteroatoms. The summed E-state index contributed by atoms with van der Waals surface area (Å²) in [5, 5.41) is 11.6. The topological polar surface area (TPSA) is 78.9 Å². The number of amides is 1. The van der Waals surface area contributed by atoms with Gasteiger partial charge in [-0.3, -0.25) is 4.79 Å². The summed E-state index contributed by atoms with van der Waals surface area (Å²) in [5.74, 6) is -0.295. The smallest absolute Gasteiger partial charge is 0.253 e. The molecule has 84 valence electrons. The molecule has 0 radical (unpaired) electrons. The van der Waals surface area contributed by atoms with E-state index in [4.69, 9.17) is 22.6 Å². The van der Waals surface area contributed by atoms with Crippen molar-refractivity contribution in [3.63, 3.8) is 0 Å². The van der Waals surface area contributed by atoms with Crippen LogP contribution < -0.4 is 11.1 Å². The van der Waals surface area contributed by atoms with Crippen LogP contribution in [0.25, 0.3) is 0 Å². The molecular formula is C11H12ClN3O. The van der Waals surface area contributed by atoms with E-state index in [1.165, 1.54) is 6.07 Å². The summed E-state index contributed by atoms with van der Waals surface area (Å²) >= 11 is 5.72. The van der Waals surface area contributed by atoms with Crippen LogP contribution >= 0.6 is 11.6 Å². The van der Waals surface area contributed by atoms with Crippen molar-refractivity contribution in [2.24, 2.45) is 0 Å². The Morgan fingerprint density at radius 2 is 2.38 bits per heavy atom. The molecule has 0 saturated heterocycles. The number of carbonyl (C=O) groups excluding carboxylic acids is 1. The first-order valence-corrected chi connectivity index (χ1v) is 5.15. The summed E-state index contributed by atoms with van der Waals surface area (Å²) < 4.78 is 0. The summed E-state index contributed by atoms with van der Waals surface area (Å²) in [6, 6.07) is 6.46. The zero-order valence-corrected chi connectivity index (χ0v) is 9.58. The van der Waals surface area contributed by atoms with E-state index in [0.717, 1.165) is 0 Å². The van der Waals surface area contributed by atoms with Crippen molar-refractivity contribution in [3.8, 4) is 6.07 Å². The monoisotopic (exact) mass is 237 g/mol. The van der Waals surface area contributed by atoms with Gasteiger partial charge in [0.1, 0.15) is 0 Å². The fourth-order valence-corrected chi connectivity index (χ4v) is 1.41. The van der Waals surface area contributed by atoms with Gasteiger partial charge in [-0.25, -0.2) is 0 Å². The summed E-state index contributed by atoms with van der Waals surface area (Å²) in [7, 11) is 0. The quantitative estimate of drug-likeness (QED) is 0.789. The molecule has 0 aliphatic carbocycles. The van der Waals surface area contributed by atoms with Crippen LogP contribution in [0.2, 0.25) is 5.02 Å². The first-order valence-electron chi connectivity index (χ1n) is 4.77. The molecule has 1 aromatic rings. The van der Waals surface area contributed by atoms with E-state index in [1.807, 2.05) is 6.07 Å². The molecular weight excluding hydrogens is 226 g/mol. The summed E-state index contributed by atoms with van der Waals surface area (Å²) in [6.45, 7) is 1.76. The number of nitrogens with zero attached hydrogens (tertiary/aromatic N) is 1. The Hall–Kier alpha value is -1.73. The highest BCUT2D eigenvalue weighted by atomic mass is 35.5. The number of carbonyl (C=O) groups is 1.